The van der Waals surface area contributed by atoms with Crippen LogP contribution in [0.25, 0.3) is 11.5 Å². The summed E-state index contributed by atoms with van der Waals surface area (Å²) in [5, 5.41) is 7.85. The van der Waals surface area contributed by atoms with Crippen LogP contribution >= 0.6 is 11.6 Å². The van der Waals surface area contributed by atoms with E-state index in [1.165, 1.54) is 24.3 Å². The van der Waals surface area contributed by atoms with Crippen LogP contribution in [-0.2, 0) is 12.7 Å². The number of aromatic nitrogens is 4. The summed E-state index contributed by atoms with van der Waals surface area (Å²) in [6.45, 7) is 0.357. The fourth-order valence-electron chi connectivity index (χ4n) is 4.52. The molecule has 0 N–H and O–H groups in total. The molecule has 1 fully saturated rings. The molecule has 1 unspecified atom stereocenters. The number of alkyl halides is 3. The topological polar surface area (TPSA) is 63.9 Å². The van der Waals surface area contributed by atoms with Crippen LogP contribution in [0.2, 0.25) is 5.02 Å². The molecule has 3 aromatic rings. The number of rotatable bonds is 2. The van der Waals surface area contributed by atoms with Crippen molar-refractivity contribution in [1.29, 1.82) is 0 Å². The average Bonchev–Trinajstić information content (AvgIpc) is 3.16. The van der Waals surface area contributed by atoms with E-state index in [0.717, 1.165) is 18.7 Å². The van der Waals surface area contributed by atoms with Crippen LogP contribution in [0, 0.1) is 5.82 Å². The van der Waals surface area contributed by atoms with E-state index in [4.69, 9.17) is 11.6 Å². The van der Waals surface area contributed by atoms with E-state index in [1.54, 1.807) is 4.90 Å². The molecule has 2 bridgehead atoms. The van der Waals surface area contributed by atoms with Crippen LogP contribution < -0.4 is 0 Å². The quantitative estimate of drug-likeness (QED) is 0.505. The normalized spacial score (nSPS) is 20.2. The molecule has 5 rings (SSSR count). The molecule has 0 aliphatic carbocycles. The second kappa shape index (κ2) is 7.54. The molecule has 0 saturated carbocycles. The summed E-state index contributed by atoms with van der Waals surface area (Å²) in [5.41, 5.74) is -0.782. The number of hydrogen-bond acceptors (Lipinski definition) is 4. The summed E-state index contributed by atoms with van der Waals surface area (Å²) in [7, 11) is 0. The average molecular weight is 466 g/mol. The first-order valence-corrected chi connectivity index (χ1v) is 10.4. The number of halogens is 5. The molecule has 0 spiro atoms. The van der Waals surface area contributed by atoms with Gasteiger partial charge in [-0.25, -0.2) is 9.37 Å². The summed E-state index contributed by atoms with van der Waals surface area (Å²) in [6.07, 6.45) is -1.47. The van der Waals surface area contributed by atoms with Gasteiger partial charge in [-0.15, -0.1) is 10.2 Å². The first-order valence-electron chi connectivity index (χ1n) is 9.99. The van der Waals surface area contributed by atoms with Crippen molar-refractivity contribution < 1.29 is 22.4 Å². The molecule has 0 radical (unpaired) electrons. The van der Waals surface area contributed by atoms with Crippen molar-refractivity contribution in [3.8, 4) is 11.5 Å². The van der Waals surface area contributed by atoms with Crippen molar-refractivity contribution >= 4 is 17.5 Å². The lowest BCUT2D eigenvalue weighted by Crippen LogP contribution is -2.52. The van der Waals surface area contributed by atoms with Gasteiger partial charge in [-0.1, -0.05) is 17.7 Å². The zero-order valence-corrected chi connectivity index (χ0v) is 17.2. The summed E-state index contributed by atoms with van der Waals surface area (Å²) < 4.78 is 55.0. The number of nitrogens with zero attached hydrogens (tertiary/aromatic N) is 5. The molecule has 11 heteroatoms. The molecule has 166 valence electrons. The van der Waals surface area contributed by atoms with E-state index in [-0.39, 0.29) is 11.6 Å². The van der Waals surface area contributed by atoms with Crippen molar-refractivity contribution in [1.82, 2.24) is 24.6 Å². The summed E-state index contributed by atoms with van der Waals surface area (Å²) in [6, 6.07) is 5.40. The number of pyridine rings is 1. The van der Waals surface area contributed by atoms with Crippen LogP contribution in [0.5, 0.6) is 0 Å². The van der Waals surface area contributed by atoms with Gasteiger partial charge in [-0.05, 0) is 43.5 Å². The molecule has 6 nitrogen and oxygen atoms in total. The maximum atomic E-state index is 13.4. The van der Waals surface area contributed by atoms with E-state index in [0.29, 0.717) is 36.7 Å². The third-order valence-corrected chi connectivity index (χ3v) is 6.35. The van der Waals surface area contributed by atoms with Crippen LogP contribution in [-0.4, -0.2) is 36.6 Å². The lowest BCUT2D eigenvalue weighted by atomic mass is 9.90. The molecular formula is C21H16ClF4N5O. The molecule has 1 saturated heterocycles. The smallest absolute Gasteiger partial charge is 0.324 e. The Hall–Kier alpha value is -3.01. The Balaban J connectivity index is 1.54. The number of fused-ring (bicyclic) bond motifs is 4. The second-order valence-electron chi connectivity index (χ2n) is 7.83. The van der Waals surface area contributed by atoms with E-state index < -0.39 is 34.5 Å². The molecule has 4 heterocycles. The summed E-state index contributed by atoms with van der Waals surface area (Å²) >= 11 is 6.02. The maximum Gasteiger partial charge on any atom is 0.417 e. The van der Waals surface area contributed by atoms with Crippen LogP contribution in [0.4, 0.5) is 17.6 Å². The lowest BCUT2D eigenvalue weighted by molar-refractivity contribution is -0.137. The van der Waals surface area contributed by atoms with Gasteiger partial charge in [-0.2, -0.15) is 13.2 Å². The van der Waals surface area contributed by atoms with Gasteiger partial charge in [0.15, 0.2) is 11.6 Å². The predicted octanol–water partition coefficient (Wildman–Crippen LogP) is 4.90. The minimum Gasteiger partial charge on any atom is -0.324 e. The van der Waals surface area contributed by atoms with E-state index in [9.17, 15) is 22.4 Å². The third kappa shape index (κ3) is 3.33. The maximum absolute atomic E-state index is 13.4. The van der Waals surface area contributed by atoms with Gasteiger partial charge in [0.1, 0.15) is 11.5 Å². The van der Waals surface area contributed by atoms with Gasteiger partial charge in [0, 0.05) is 6.54 Å². The fourth-order valence-corrected chi connectivity index (χ4v) is 4.84. The highest BCUT2D eigenvalue weighted by Gasteiger charge is 2.44. The number of amides is 1. The third-order valence-electron chi connectivity index (χ3n) is 5.94. The Labute approximate surface area is 184 Å². The number of carbonyl (C=O) groups excluding carboxylic acids is 1. The highest BCUT2D eigenvalue weighted by molar-refractivity contribution is 6.34. The van der Waals surface area contributed by atoms with E-state index in [2.05, 4.69) is 15.2 Å². The zero-order chi connectivity index (χ0) is 22.6. The monoisotopic (exact) mass is 465 g/mol. The molecule has 32 heavy (non-hydrogen) atoms. The highest BCUT2D eigenvalue weighted by Crippen LogP contribution is 2.42. The minimum absolute atomic E-state index is 0.188. The van der Waals surface area contributed by atoms with Gasteiger partial charge < -0.3 is 9.47 Å². The molecule has 1 aromatic carbocycles. The molecule has 2 atom stereocenters. The van der Waals surface area contributed by atoms with Gasteiger partial charge in [-0.3, -0.25) is 4.79 Å². The van der Waals surface area contributed by atoms with Crippen molar-refractivity contribution in [3.63, 3.8) is 0 Å². The van der Waals surface area contributed by atoms with Crippen molar-refractivity contribution in [2.45, 2.75) is 44.1 Å². The summed E-state index contributed by atoms with van der Waals surface area (Å²) in [4.78, 5) is 19.0. The van der Waals surface area contributed by atoms with Crippen molar-refractivity contribution in [2.24, 2.45) is 0 Å². The SMILES string of the molecule is O=C(c1cccc(C(F)(F)F)c1Cl)N1C2CCC[C@H]1c1nnc(-c3ccc(F)cn3)n1C2. The van der Waals surface area contributed by atoms with Gasteiger partial charge in [0.2, 0.25) is 0 Å². The molecule has 1 amide bonds. The Morgan fingerprint density at radius 2 is 1.94 bits per heavy atom. The Morgan fingerprint density at radius 3 is 2.66 bits per heavy atom. The molecular weight excluding hydrogens is 450 g/mol. The predicted molar refractivity (Wildman–Crippen MR) is 106 cm³/mol. The van der Waals surface area contributed by atoms with E-state index >= 15 is 0 Å². The fraction of sp³-hybridized carbons (Fsp3) is 0.333. The summed E-state index contributed by atoms with van der Waals surface area (Å²) in [5.74, 6) is -0.0510. The standard InChI is InChI=1S/C21H16ClF4N5O/c22-17-13(4-2-5-14(17)21(24,25)26)20(32)31-12-3-1-6-16(31)19-29-28-18(30(19)10-12)15-8-7-11(23)9-27-15/h2,4-5,7-9,12,16H,1,3,6,10H2/t12?,16-/m0/s1. The number of benzene rings is 1. The molecule has 2 aliphatic heterocycles. The second-order valence-corrected chi connectivity index (χ2v) is 8.21. The highest BCUT2D eigenvalue weighted by atomic mass is 35.5. The Kier molecular flexibility index (Phi) is 4.92. The number of piperidine rings is 1. The molecule has 2 aliphatic rings. The van der Waals surface area contributed by atoms with Crippen LogP contribution in [0.1, 0.15) is 47.1 Å². The van der Waals surface area contributed by atoms with Crippen molar-refractivity contribution in [2.75, 3.05) is 0 Å². The number of carbonyl (C=O) groups is 1. The van der Waals surface area contributed by atoms with Gasteiger partial charge in [0.05, 0.1) is 34.4 Å². The Morgan fingerprint density at radius 1 is 1.12 bits per heavy atom. The largest absolute Gasteiger partial charge is 0.417 e. The van der Waals surface area contributed by atoms with Crippen LogP contribution in [0.3, 0.4) is 0 Å². The lowest BCUT2D eigenvalue weighted by Gasteiger charge is -2.45. The minimum atomic E-state index is -4.66. The number of hydrogen-bond donors (Lipinski definition) is 0. The van der Waals surface area contributed by atoms with Crippen LogP contribution in [0.15, 0.2) is 36.5 Å². The first kappa shape index (κ1) is 20.9. The molecule has 2 aromatic heterocycles. The first-order chi connectivity index (χ1) is 15.3. The van der Waals surface area contributed by atoms with E-state index in [1.807, 2.05) is 4.57 Å². The zero-order valence-electron chi connectivity index (χ0n) is 16.5. The Bertz CT molecular complexity index is 1190. The van der Waals surface area contributed by atoms with Crippen molar-refractivity contribution in [3.05, 3.63) is 64.3 Å². The van der Waals surface area contributed by atoms with Gasteiger partial charge in [0.25, 0.3) is 5.91 Å². The van der Waals surface area contributed by atoms with Gasteiger partial charge >= 0.3 is 6.18 Å².